The summed E-state index contributed by atoms with van der Waals surface area (Å²) in [5.74, 6) is 1.40. The third kappa shape index (κ3) is 5.87. The summed E-state index contributed by atoms with van der Waals surface area (Å²) >= 11 is 0. The number of nitrogens with one attached hydrogen (secondary N) is 1. The molecule has 0 aliphatic carbocycles. The number of para-hydroxylation sites is 1. The zero-order valence-corrected chi connectivity index (χ0v) is 17.2. The Morgan fingerprint density at radius 1 is 1.11 bits per heavy atom. The van der Waals surface area contributed by atoms with E-state index in [9.17, 15) is 4.79 Å². The van der Waals surface area contributed by atoms with E-state index in [4.69, 9.17) is 5.73 Å². The van der Waals surface area contributed by atoms with Gasteiger partial charge in [0.15, 0.2) is 0 Å². The molecule has 7 heteroatoms. The molecule has 0 atom stereocenters. The molecule has 2 heterocycles. The highest BCUT2D eigenvalue weighted by Crippen LogP contribution is 2.18. The van der Waals surface area contributed by atoms with Gasteiger partial charge in [0.2, 0.25) is 5.91 Å². The van der Waals surface area contributed by atoms with Gasteiger partial charge in [0.05, 0.1) is 18.6 Å². The summed E-state index contributed by atoms with van der Waals surface area (Å²) < 4.78 is 0. The molecule has 0 spiro atoms. The molecule has 3 rings (SSSR count). The second-order valence-corrected chi connectivity index (χ2v) is 8.76. The summed E-state index contributed by atoms with van der Waals surface area (Å²) in [6.07, 6.45) is 0.988. The molecule has 2 aromatic rings. The number of carbonyl (C=O) groups excluding carboxylic acids is 1. The molecule has 3 N–H and O–H groups in total. The third-order valence-corrected chi connectivity index (χ3v) is 5.07. The molecule has 1 fully saturated rings. The Kier molecular flexibility index (Phi) is 6.46. The monoisotopic (exact) mass is 384 g/mol. The van der Waals surface area contributed by atoms with E-state index in [1.165, 1.54) is 0 Å². The third-order valence-electron chi connectivity index (χ3n) is 5.07. The minimum absolute atomic E-state index is 0.114. The lowest BCUT2D eigenvalue weighted by Gasteiger charge is -2.33. The standard InChI is InChI=1S/C21H32N6O/c1-21(2,3)8-9-23-19(28)15-27-12-10-26(11-13-27)14-18-24-17-7-5-4-6-16(17)20(22)25-18/h4-7H,8-15H2,1-3H3,(H,23,28)(H2,22,24,25). The van der Waals surface area contributed by atoms with Crippen LogP contribution in [0.3, 0.4) is 0 Å². The fraction of sp³-hybridized carbons (Fsp3) is 0.571. The van der Waals surface area contributed by atoms with Crippen LogP contribution < -0.4 is 11.1 Å². The van der Waals surface area contributed by atoms with E-state index in [2.05, 4.69) is 45.9 Å². The van der Waals surface area contributed by atoms with Crippen LogP contribution in [0.5, 0.6) is 0 Å². The van der Waals surface area contributed by atoms with Gasteiger partial charge >= 0.3 is 0 Å². The zero-order valence-electron chi connectivity index (χ0n) is 17.2. The molecular weight excluding hydrogens is 352 g/mol. The van der Waals surface area contributed by atoms with Gasteiger partial charge in [-0.15, -0.1) is 0 Å². The number of aromatic nitrogens is 2. The van der Waals surface area contributed by atoms with Crippen molar-refractivity contribution in [1.82, 2.24) is 25.1 Å². The van der Waals surface area contributed by atoms with Gasteiger partial charge in [-0.05, 0) is 24.0 Å². The van der Waals surface area contributed by atoms with Crippen molar-refractivity contribution >= 4 is 22.6 Å². The number of carbonyl (C=O) groups is 1. The van der Waals surface area contributed by atoms with E-state index in [0.29, 0.717) is 18.9 Å². The molecule has 0 bridgehead atoms. The van der Waals surface area contributed by atoms with Gasteiger partial charge in [-0.1, -0.05) is 32.9 Å². The topological polar surface area (TPSA) is 87.4 Å². The number of piperazine rings is 1. The number of anilines is 1. The number of benzene rings is 1. The van der Waals surface area contributed by atoms with Gasteiger partial charge in [-0.25, -0.2) is 9.97 Å². The van der Waals surface area contributed by atoms with Gasteiger partial charge in [0.25, 0.3) is 0 Å². The van der Waals surface area contributed by atoms with E-state index < -0.39 is 0 Å². The van der Waals surface area contributed by atoms with Crippen molar-refractivity contribution in [3.05, 3.63) is 30.1 Å². The van der Waals surface area contributed by atoms with Gasteiger partial charge in [0, 0.05) is 38.1 Å². The average molecular weight is 385 g/mol. The summed E-state index contributed by atoms with van der Waals surface area (Å²) in [5.41, 5.74) is 7.21. The SMILES string of the molecule is CC(C)(C)CCNC(=O)CN1CCN(Cc2nc(N)c3ccccc3n2)CC1. The van der Waals surface area contributed by atoms with Crippen molar-refractivity contribution in [3.8, 4) is 0 Å². The summed E-state index contributed by atoms with van der Waals surface area (Å²) in [6.45, 7) is 12.0. The fourth-order valence-electron chi connectivity index (χ4n) is 3.36. The van der Waals surface area contributed by atoms with E-state index in [1.54, 1.807) is 0 Å². The van der Waals surface area contributed by atoms with E-state index >= 15 is 0 Å². The Bertz CT molecular complexity index is 808. The van der Waals surface area contributed by atoms with Crippen molar-refractivity contribution in [2.75, 3.05) is 45.0 Å². The highest BCUT2D eigenvalue weighted by molar-refractivity contribution is 5.87. The summed E-state index contributed by atoms with van der Waals surface area (Å²) in [6, 6.07) is 7.82. The Morgan fingerprint density at radius 2 is 1.79 bits per heavy atom. The van der Waals surface area contributed by atoms with Crippen LogP contribution in [0.25, 0.3) is 10.9 Å². The molecule has 1 saturated heterocycles. The number of hydrogen-bond donors (Lipinski definition) is 2. The lowest BCUT2D eigenvalue weighted by molar-refractivity contribution is -0.122. The van der Waals surface area contributed by atoms with Crippen molar-refractivity contribution in [2.45, 2.75) is 33.7 Å². The van der Waals surface area contributed by atoms with Gasteiger partial charge < -0.3 is 11.1 Å². The van der Waals surface area contributed by atoms with E-state index in [-0.39, 0.29) is 11.3 Å². The lowest BCUT2D eigenvalue weighted by atomic mass is 9.92. The Labute approximate surface area is 167 Å². The number of nitrogen functional groups attached to an aromatic ring is 1. The van der Waals surface area contributed by atoms with Crippen LogP contribution in [0.1, 0.15) is 33.0 Å². The second kappa shape index (κ2) is 8.84. The maximum Gasteiger partial charge on any atom is 0.234 e. The van der Waals surface area contributed by atoms with Crippen LogP contribution in [0.15, 0.2) is 24.3 Å². The van der Waals surface area contributed by atoms with Crippen LogP contribution in [0, 0.1) is 5.41 Å². The first-order chi connectivity index (χ1) is 13.3. The lowest BCUT2D eigenvalue weighted by Crippen LogP contribution is -2.49. The van der Waals surface area contributed by atoms with Crippen LogP contribution in [-0.2, 0) is 11.3 Å². The van der Waals surface area contributed by atoms with Crippen molar-refractivity contribution in [2.24, 2.45) is 5.41 Å². The summed E-state index contributed by atoms with van der Waals surface area (Å²) in [7, 11) is 0. The van der Waals surface area contributed by atoms with Gasteiger partial charge in [-0.3, -0.25) is 14.6 Å². The van der Waals surface area contributed by atoms with Gasteiger partial charge in [-0.2, -0.15) is 0 Å². The molecule has 0 unspecified atom stereocenters. The Morgan fingerprint density at radius 3 is 2.50 bits per heavy atom. The molecule has 1 aliphatic rings. The maximum atomic E-state index is 12.1. The molecule has 1 aromatic heterocycles. The van der Waals surface area contributed by atoms with Gasteiger partial charge in [0.1, 0.15) is 11.6 Å². The minimum atomic E-state index is 0.114. The quantitative estimate of drug-likeness (QED) is 0.791. The second-order valence-electron chi connectivity index (χ2n) is 8.76. The van der Waals surface area contributed by atoms with Crippen molar-refractivity contribution < 1.29 is 4.79 Å². The maximum absolute atomic E-state index is 12.1. The summed E-state index contributed by atoms with van der Waals surface area (Å²) in [4.78, 5) is 25.8. The molecule has 0 radical (unpaired) electrons. The average Bonchev–Trinajstić information content (AvgIpc) is 2.62. The smallest absolute Gasteiger partial charge is 0.234 e. The molecule has 152 valence electrons. The molecule has 28 heavy (non-hydrogen) atoms. The van der Waals surface area contributed by atoms with Crippen LogP contribution in [0.2, 0.25) is 0 Å². The van der Waals surface area contributed by atoms with Crippen LogP contribution >= 0.6 is 0 Å². The van der Waals surface area contributed by atoms with Crippen LogP contribution in [0.4, 0.5) is 5.82 Å². The van der Waals surface area contributed by atoms with Crippen LogP contribution in [-0.4, -0.2) is 64.9 Å². The Hall–Kier alpha value is -2.25. The zero-order chi connectivity index (χ0) is 20.1. The largest absolute Gasteiger partial charge is 0.383 e. The Balaban J connectivity index is 1.45. The predicted octanol–water partition coefficient (Wildman–Crippen LogP) is 1.88. The highest BCUT2D eigenvalue weighted by atomic mass is 16.2. The minimum Gasteiger partial charge on any atom is -0.383 e. The number of nitrogens with two attached hydrogens (primary N) is 1. The normalized spacial score (nSPS) is 16.4. The molecular formula is C21H32N6O. The summed E-state index contributed by atoms with van der Waals surface area (Å²) in [5, 5.41) is 3.93. The first-order valence-corrected chi connectivity index (χ1v) is 10.0. The number of fused-ring (bicyclic) bond motifs is 1. The number of rotatable bonds is 6. The van der Waals surface area contributed by atoms with Crippen molar-refractivity contribution in [3.63, 3.8) is 0 Å². The number of nitrogens with zero attached hydrogens (tertiary/aromatic N) is 4. The molecule has 1 aromatic carbocycles. The first kappa shape index (κ1) is 20.5. The van der Waals surface area contributed by atoms with E-state index in [1.807, 2.05) is 24.3 Å². The number of hydrogen-bond acceptors (Lipinski definition) is 6. The fourth-order valence-corrected chi connectivity index (χ4v) is 3.36. The highest BCUT2D eigenvalue weighted by Gasteiger charge is 2.20. The predicted molar refractivity (Wildman–Crippen MR) is 113 cm³/mol. The molecule has 7 nitrogen and oxygen atoms in total. The molecule has 0 saturated carbocycles. The van der Waals surface area contributed by atoms with E-state index in [0.717, 1.165) is 55.9 Å². The van der Waals surface area contributed by atoms with Crippen molar-refractivity contribution in [1.29, 1.82) is 0 Å². The molecule has 1 amide bonds. The number of amides is 1. The molecule has 1 aliphatic heterocycles. The first-order valence-electron chi connectivity index (χ1n) is 10.0.